The van der Waals surface area contributed by atoms with Crippen molar-refractivity contribution in [2.45, 2.75) is 20.8 Å². The van der Waals surface area contributed by atoms with E-state index in [4.69, 9.17) is 28.9 Å². The molecule has 0 aliphatic carbocycles. The Balaban J connectivity index is 0.000000671. The van der Waals surface area contributed by atoms with Gasteiger partial charge in [-0.15, -0.1) is 0 Å². The minimum absolute atomic E-state index is 0.360. The molecule has 1 heterocycles. The molecule has 2 N–H and O–H groups in total. The maximum Gasteiger partial charge on any atom is 0.146 e. The Kier molecular flexibility index (Phi) is 6.00. The first kappa shape index (κ1) is 13.3. The number of hydrogen-bond acceptors (Lipinski definition) is 2. The Morgan fingerprint density at radius 2 is 1.69 bits per heavy atom. The molecule has 1 aromatic rings. The van der Waals surface area contributed by atoms with Crippen LogP contribution in [0.15, 0.2) is 0 Å². The zero-order valence-corrected chi connectivity index (χ0v) is 11.3. The van der Waals surface area contributed by atoms with Crippen LogP contribution in [0.5, 0.6) is 0 Å². The predicted molar refractivity (Wildman–Crippen MR) is 67.5 cm³/mol. The minimum Gasteiger partial charge on any atom is -0.397 e. The second-order valence-corrected chi connectivity index (χ2v) is 3.84. The Morgan fingerprint density at radius 1 is 1.23 bits per heavy atom. The van der Waals surface area contributed by atoms with Crippen molar-refractivity contribution < 1.29 is 0 Å². The molecule has 0 amide bonds. The molecule has 2 nitrogen and oxygen atoms in total. The molecule has 0 unspecified atom stereocenters. The number of nitrogens with two attached hydrogens (primary N) is 1. The van der Waals surface area contributed by atoms with Crippen molar-refractivity contribution in [2.75, 3.05) is 5.73 Å². The SMILES string of the molecule is CC.Cc1c(Cl)nc(Cl)c(I)c1N. The smallest absolute Gasteiger partial charge is 0.146 e. The monoisotopic (exact) mass is 332 g/mol. The lowest BCUT2D eigenvalue weighted by molar-refractivity contribution is 1.25. The second kappa shape index (κ2) is 5.88. The lowest BCUT2D eigenvalue weighted by Crippen LogP contribution is -1.97. The first-order valence-corrected chi connectivity index (χ1v) is 5.64. The van der Waals surface area contributed by atoms with Gasteiger partial charge in [-0.2, -0.15) is 0 Å². The van der Waals surface area contributed by atoms with Crippen LogP contribution in [-0.4, -0.2) is 4.98 Å². The van der Waals surface area contributed by atoms with E-state index in [1.54, 1.807) is 0 Å². The molecule has 0 fully saturated rings. The van der Waals surface area contributed by atoms with Crippen LogP contribution in [0.25, 0.3) is 0 Å². The summed E-state index contributed by atoms with van der Waals surface area (Å²) in [5, 5.41) is 0.728. The van der Waals surface area contributed by atoms with Crippen LogP contribution in [0.3, 0.4) is 0 Å². The van der Waals surface area contributed by atoms with Gasteiger partial charge in [-0.05, 0) is 29.5 Å². The third-order valence-corrected chi connectivity index (χ3v) is 3.38. The first-order valence-electron chi connectivity index (χ1n) is 3.80. The summed E-state index contributed by atoms with van der Waals surface area (Å²) in [6.45, 7) is 5.81. The average Bonchev–Trinajstić information content (AvgIpc) is 2.15. The van der Waals surface area contributed by atoms with Gasteiger partial charge in [0, 0.05) is 5.56 Å². The van der Waals surface area contributed by atoms with Gasteiger partial charge in [0.2, 0.25) is 0 Å². The van der Waals surface area contributed by atoms with E-state index in [0.29, 0.717) is 16.0 Å². The van der Waals surface area contributed by atoms with Crippen molar-refractivity contribution in [2.24, 2.45) is 0 Å². The number of rotatable bonds is 0. The third-order valence-electron chi connectivity index (χ3n) is 1.33. The number of anilines is 1. The van der Waals surface area contributed by atoms with Crippen molar-refractivity contribution in [3.8, 4) is 0 Å². The fourth-order valence-electron chi connectivity index (χ4n) is 0.606. The minimum atomic E-state index is 0.360. The molecule has 0 aliphatic heterocycles. The van der Waals surface area contributed by atoms with Gasteiger partial charge in [0.25, 0.3) is 0 Å². The summed E-state index contributed by atoms with van der Waals surface area (Å²) in [5.74, 6) is 0. The topological polar surface area (TPSA) is 38.9 Å². The van der Waals surface area contributed by atoms with Crippen LogP contribution in [0.2, 0.25) is 10.3 Å². The van der Waals surface area contributed by atoms with Crippen molar-refractivity contribution in [3.05, 3.63) is 19.4 Å². The summed E-state index contributed by atoms with van der Waals surface area (Å²) in [4.78, 5) is 3.88. The largest absolute Gasteiger partial charge is 0.397 e. The summed E-state index contributed by atoms with van der Waals surface area (Å²) >= 11 is 13.5. The zero-order valence-electron chi connectivity index (χ0n) is 7.66. The van der Waals surface area contributed by atoms with Gasteiger partial charge in [0.05, 0.1) is 9.26 Å². The van der Waals surface area contributed by atoms with Crippen LogP contribution in [0, 0.1) is 10.5 Å². The molecule has 0 saturated carbocycles. The van der Waals surface area contributed by atoms with Gasteiger partial charge >= 0.3 is 0 Å². The van der Waals surface area contributed by atoms with E-state index in [1.165, 1.54) is 0 Å². The van der Waals surface area contributed by atoms with Gasteiger partial charge in [0.15, 0.2) is 0 Å². The quantitative estimate of drug-likeness (QED) is 0.578. The number of hydrogen-bond donors (Lipinski definition) is 1. The molecule has 0 radical (unpaired) electrons. The van der Waals surface area contributed by atoms with Gasteiger partial charge in [-0.1, -0.05) is 37.0 Å². The molecule has 0 aromatic carbocycles. The molecular formula is C8H11Cl2IN2. The molecule has 0 atom stereocenters. The number of halogens is 3. The molecule has 5 heteroatoms. The Hall–Kier alpha value is 0.260. The van der Waals surface area contributed by atoms with Gasteiger partial charge in [-0.3, -0.25) is 0 Å². The fourth-order valence-corrected chi connectivity index (χ4v) is 1.55. The Labute approximate surface area is 102 Å². The van der Waals surface area contributed by atoms with E-state index >= 15 is 0 Å². The van der Waals surface area contributed by atoms with E-state index in [2.05, 4.69) is 4.98 Å². The Morgan fingerprint density at radius 3 is 2.15 bits per heavy atom. The fraction of sp³-hybridized carbons (Fsp3) is 0.375. The number of nitrogens with zero attached hydrogens (tertiary/aromatic N) is 1. The van der Waals surface area contributed by atoms with E-state index < -0.39 is 0 Å². The highest BCUT2D eigenvalue weighted by Crippen LogP contribution is 2.29. The molecular weight excluding hydrogens is 322 g/mol. The van der Waals surface area contributed by atoms with Crippen molar-refractivity contribution in [3.63, 3.8) is 0 Å². The highest BCUT2D eigenvalue weighted by Gasteiger charge is 2.09. The molecule has 0 aliphatic rings. The maximum absolute atomic E-state index is 5.71. The molecule has 74 valence electrons. The molecule has 0 bridgehead atoms. The average molecular weight is 333 g/mol. The lowest BCUT2D eigenvalue weighted by Gasteiger charge is -2.05. The number of aromatic nitrogens is 1. The molecule has 1 rings (SSSR count). The summed E-state index contributed by atoms with van der Waals surface area (Å²) in [7, 11) is 0. The van der Waals surface area contributed by atoms with Gasteiger partial charge in [0.1, 0.15) is 10.3 Å². The highest BCUT2D eigenvalue weighted by atomic mass is 127. The van der Waals surface area contributed by atoms with Crippen molar-refractivity contribution in [1.29, 1.82) is 0 Å². The van der Waals surface area contributed by atoms with Crippen molar-refractivity contribution >= 4 is 51.5 Å². The number of pyridine rings is 1. The second-order valence-electron chi connectivity index (χ2n) is 2.05. The molecule has 1 aromatic heterocycles. The van der Waals surface area contributed by atoms with Gasteiger partial charge in [-0.25, -0.2) is 4.98 Å². The molecule has 0 saturated heterocycles. The highest BCUT2D eigenvalue weighted by molar-refractivity contribution is 14.1. The summed E-state index contributed by atoms with van der Waals surface area (Å²) in [5.41, 5.74) is 7.05. The van der Waals surface area contributed by atoms with Crippen LogP contribution in [0.1, 0.15) is 19.4 Å². The van der Waals surface area contributed by atoms with Crippen molar-refractivity contribution in [1.82, 2.24) is 4.98 Å². The predicted octanol–water partition coefficient (Wildman–Crippen LogP) is 3.91. The van der Waals surface area contributed by atoms with Crippen LogP contribution in [0.4, 0.5) is 5.69 Å². The van der Waals surface area contributed by atoms with Crippen LogP contribution < -0.4 is 5.73 Å². The Bertz CT molecular complexity index is 276. The zero-order chi connectivity index (χ0) is 10.6. The van der Waals surface area contributed by atoms with E-state index in [-0.39, 0.29) is 0 Å². The van der Waals surface area contributed by atoms with Gasteiger partial charge < -0.3 is 5.73 Å². The summed E-state index contributed by atoms with van der Waals surface area (Å²) in [6, 6.07) is 0. The van der Waals surface area contributed by atoms with Crippen LogP contribution >= 0.6 is 45.8 Å². The number of nitrogen functional groups attached to an aromatic ring is 1. The molecule has 13 heavy (non-hydrogen) atoms. The third kappa shape index (κ3) is 3.14. The van der Waals surface area contributed by atoms with E-state index in [1.807, 2.05) is 43.4 Å². The lowest BCUT2D eigenvalue weighted by atomic mass is 10.3. The standard InChI is InChI=1S/C6H5Cl2IN2.C2H6/c1-2-4(10)3(9)6(8)11-5(2)7;1-2/h1H3,(H2,10,11);1-2H3. The van der Waals surface area contributed by atoms with Crippen LogP contribution in [-0.2, 0) is 0 Å². The first-order chi connectivity index (χ1) is 6.04. The maximum atomic E-state index is 5.71. The van der Waals surface area contributed by atoms with E-state index in [0.717, 1.165) is 9.13 Å². The molecule has 0 spiro atoms. The normalized spacial score (nSPS) is 9.08. The summed E-state index contributed by atoms with van der Waals surface area (Å²) in [6.07, 6.45) is 0. The summed E-state index contributed by atoms with van der Waals surface area (Å²) < 4.78 is 0.756. The van der Waals surface area contributed by atoms with E-state index in [9.17, 15) is 0 Å².